The molecular weight excluding hydrogens is 444 g/mol. The number of anilines is 1. The third-order valence-electron chi connectivity index (χ3n) is 4.46. The number of rotatable bonds is 3. The summed E-state index contributed by atoms with van der Waals surface area (Å²) < 4.78 is 0. The molecule has 1 saturated heterocycles. The Hall–Kier alpha value is -1.41. The van der Waals surface area contributed by atoms with Gasteiger partial charge >= 0.3 is 0 Å². The van der Waals surface area contributed by atoms with Crippen LogP contribution < -0.4 is 5.32 Å². The SMILES string of the molecule is O=C(CN1C(=O)[C@@H]2C[C@@H](Br)[C@@H](Br)C[C@H]2C1=O)Nc1ccc(O)cc1. The summed E-state index contributed by atoms with van der Waals surface area (Å²) in [4.78, 5) is 38.5. The van der Waals surface area contributed by atoms with Gasteiger partial charge in [-0.3, -0.25) is 19.3 Å². The largest absolute Gasteiger partial charge is 0.508 e. The second kappa shape index (κ2) is 6.84. The van der Waals surface area contributed by atoms with E-state index in [9.17, 15) is 19.5 Å². The number of aromatic hydroxyl groups is 1. The summed E-state index contributed by atoms with van der Waals surface area (Å²) >= 11 is 7.06. The van der Waals surface area contributed by atoms with Crippen LogP contribution in [-0.2, 0) is 14.4 Å². The molecule has 2 fully saturated rings. The fourth-order valence-corrected chi connectivity index (χ4v) is 4.45. The van der Waals surface area contributed by atoms with Gasteiger partial charge in [0.2, 0.25) is 17.7 Å². The molecular formula is C16H16Br2N2O4. The summed E-state index contributed by atoms with van der Waals surface area (Å²) in [5, 5.41) is 11.9. The first-order chi connectivity index (χ1) is 11.4. The minimum absolute atomic E-state index is 0.0932. The standard InChI is InChI=1S/C16H16Br2N2O4/c17-12-5-10-11(6-13(12)18)16(24)20(15(10)23)7-14(22)19-8-1-3-9(21)4-2-8/h1-4,10-13,21H,5-7H2,(H,19,22)/t10-,11-,12-,13+/m1/s1. The van der Waals surface area contributed by atoms with Gasteiger partial charge in [-0.2, -0.15) is 0 Å². The molecule has 0 aromatic heterocycles. The molecule has 1 aromatic carbocycles. The summed E-state index contributed by atoms with van der Waals surface area (Å²) in [6, 6.07) is 5.99. The normalized spacial score (nSPS) is 29.5. The molecule has 8 heteroatoms. The summed E-state index contributed by atoms with van der Waals surface area (Å²) in [7, 11) is 0. The van der Waals surface area contributed by atoms with Crippen molar-refractivity contribution in [2.45, 2.75) is 22.5 Å². The van der Waals surface area contributed by atoms with Gasteiger partial charge in [-0.15, -0.1) is 0 Å². The van der Waals surface area contributed by atoms with E-state index in [-0.39, 0.29) is 45.6 Å². The van der Waals surface area contributed by atoms with Gasteiger partial charge < -0.3 is 10.4 Å². The molecule has 1 aliphatic heterocycles. The van der Waals surface area contributed by atoms with Crippen molar-refractivity contribution in [3.63, 3.8) is 0 Å². The van der Waals surface area contributed by atoms with Crippen LogP contribution in [0.4, 0.5) is 5.69 Å². The number of alkyl halides is 2. The Morgan fingerprint density at radius 1 is 1.08 bits per heavy atom. The molecule has 1 heterocycles. The molecule has 0 unspecified atom stereocenters. The fraction of sp³-hybridized carbons (Fsp3) is 0.438. The molecule has 128 valence electrons. The number of imide groups is 1. The molecule has 1 aliphatic carbocycles. The lowest BCUT2D eigenvalue weighted by Crippen LogP contribution is -2.38. The molecule has 6 nitrogen and oxygen atoms in total. The van der Waals surface area contributed by atoms with E-state index < -0.39 is 5.91 Å². The van der Waals surface area contributed by atoms with Gasteiger partial charge in [-0.05, 0) is 37.1 Å². The molecule has 3 amide bonds. The van der Waals surface area contributed by atoms with Gasteiger partial charge in [0.1, 0.15) is 12.3 Å². The third kappa shape index (κ3) is 3.35. The van der Waals surface area contributed by atoms with Crippen molar-refractivity contribution in [1.82, 2.24) is 4.90 Å². The molecule has 24 heavy (non-hydrogen) atoms. The molecule has 4 atom stereocenters. The van der Waals surface area contributed by atoms with E-state index >= 15 is 0 Å². The number of nitrogens with zero attached hydrogens (tertiary/aromatic N) is 1. The summed E-state index contributed by atoms with van der Waals surface area (Å²) in [5.74, 6) is -1.58. The zero-order valence-corrected chi connectivity index (χ0v) is 15.8. The first kappa shape index (κ1) is 17.4. The Bertz CT molecular complexity index is 651. The average Bonchev–Trinajstić information content (AvgIpc) is 2.75. The van der Waals surface area contributed by atoms with Crippen LogP contribution in [0.25, 0.3) is 0 Å². The molecule has 2 N–H and O–H groups in total. The number of hydrogen-bond acceptors (Lipinski definition) is 4. The van der Waals surface area contributed by atoms with Crippen molar-refractivity contribution >= 4 is 55.3 Å². The lowest BCUT2D eigenvalue weighted by atomic mass is 9.81. The molecule has 0 spiro atoms. The van der Waals surface area contributed by atoms with Crippen molar-refractivity contribution in [3.05, 3.63) is 24.3 Å². The molecule has 1 saturated carbocycles. The quantitative estimate of drug-likeness (QED) is 0.412. The van der Waals surface area contributed by atoms with Gasteiger partial charge in [-0.25, -0.2) is 0 Å². The van der Waals surface area contributed by atoms with Crippen LogP contribution in [0.1, 0.15) is 12.8 Å². The first-order valence-electron chi connectivity index (χ1n) is 7.59. The number of hydrogen-bond donors (Lipinski definition) is 2. The zero-order valence-electron chi connectivity index (χ0n) is 12.6. The number of phenolic OH excluding ortho intramolecular Hbond substituents is 1. The Labute approximate surface area is 155 Å². The number of benzene rings is 1. The number of fused-ring (bicyclic) bond motifs is 1. The second-order valence-electron chi connectivity index (χ2n) is 6.07. The minimum Gasteiger partial charge on any atom is -0.508 e. The zero-order chi connectivity index (χ0) is 17.4. The van der Waals surface area contributed by atoms with Crippen molar-refractivity contribution < 1.29 is 19.5 Å². The van der Waals surface area contributed by atoms with Crippen molar-refractivity contribution in [1.29, 1.82) is 0 Å². The molecule has 3 rings (SSSR count). The van der Waals surface area contributed by atoms with Crippen LogP contribution in [0, 0.1) is 11.8 Å². The predicted molar refractivity (Wildman–Crippen MR) is 95.1 cm³/mol. The topological polar surface area (TPSA) is 86.7 Å². The van der Waals surface area contributed by atoms with E-state index in [2.05, 4.69) is 37.2 Å². The molecule has 0 bridgehead atoms. The highest BCUT2D eigenvalue weighted by atomic mass is 79.9. The Kier molecular flexibility index (Phi) is 4.96. The Morgan fingerprint density at radius 2 is 1.58 bits per heavy atom. The monoisotopic (exact) mass is 458 g/mol. The number of carbonyl (C=O) groups excluding carboxylic acids is 3. The van der Waals surface area contributed by atoms with Crippen LogP contribution in [0.3, 0.4) is 0 Å². The van der Waals surface area contributed by atoms with Crippen LogP contribution in [0.5, 0.6) is 5.75 Å². The predicted octanol–water partition coefficient (Wildman–Crippen LogP) is 2.25. The van der Waals surface area contributed by atoms with Gasteiger partial charge in [0, 0.05) is 15.3 Å². The molecule has 0 radical (unpaired) electrons. The smallest absolute Gasteiger partial charge is 0.244 e. The Morgan fingerprint density at radius 3 is 2.08 bits per heavy atom. The summed E-state index contributed by atoms with van der Waals surface area (Å²) in [6.45, 7) is -0.286. The van der Waals surface area contributed by atoms with Crippen molar-refractivity contribution in [2.24, 2.45) is 11.8 Å². The van der Waals surface area contributed by atoms with E-state index in [0.29, 0.717) is 18.5 Å². The first-order valence-corrected chi connectivity index (χ1v) is 9.42. The maximum atomic E-state index is 12.5. The van der Waals surface area contributed by atoms with E-state index in [1.807, 2.05) is 0 Å². The van der Waals surface area contributed by atoms with Crippen molar-refractivity contribution in [2.75, 3.05) is 11.9 Å². The number of nitrogens with one attached hydrogen (secondary N) is 1. The highest BCUT2D eigenvalue weighted by Gasteiger charge is 2.52. The summed E-state index contributed by atoms with van der Waals surface area (Å²) in [6.07, 6.45) is 1.17. The van der Waals surface area contributed by atoms with E-state index in [1.165, 1.54) is 12.1 Å². The van der Waals surface area contributed by atoms with Crippen LogP contribution in [0.2, 0.25) is 0 Å². The average molecular weight is 460 g/mol. The lowest BCUT2D eigenvalue weighted by molar-refractivity contribution is -0.142. The highest BCUT2D eigenvalue weighted by molar-refractivity contribution is 9.12. The van der Waals surface area contributed by atoms with Gasteiger partial charge in [0.25, 0.3) is 0 Å². The van der Waals surface area contributed by atoms with Gasteiger partial charge in [0.05, 0.1) is 11.8 Å². The molecule has 1 aromatic rings. The third-order valence-corrected chi connectivity index (χ3v) is 7.19. The lowest BCUT2D eigenvalue weighted by Gasteiger charge is -2.29. The number of halogens is 2. The van der Waals surface area contributed by atoms with Crippen LogP contribution in [-0.4, -0.2) is 43.9 Å². The number of phenols is 1. The van der Waals surface area contributed by atoms with Crippen LogP contribution >= 0.6 is 31.9 Å². The number of likely N-dealkylation sites (tertiary alicyclic amines) is 1. The van der Waals surface area contributed by atoms with Crippen LogP contribution in [0.15, 0.2) is 24.3 Å². The van der Waals surface area contributed by atoms with Crippen molar-refractivity contribution in [3.8, 4) is 5.75 Å². The highest BCUT2D eigenvalue weighted by Crippen LogP contribution is 2.43. The van der Waals surface area contributed by atoms with Gasteiger partial charge in [0.15, 0.2) is 0 Å². The van der Waals surface area contributed by atoms with E-state index in [1.54, 1.807) is 12.1 Å². The number of amides is 3. The van der Waals surface area contributed by atoms with E-state index in [4.69, 9.17) is 0 Å². The maximum Gasteiger partial charge on any atom is 0.244 e. The maximum absolute atomic E-state index is 12.5. The van der Waals surface area contributed by atoms with Gasteiger partial charge in [-0.1, -0.05) is 31.9 Å². The fourth-order valence-electron chi connectivity index (χ4n) is 3.21. The minimum atomic E-state index is -0.438. The molecule has 2 aliphatic rings. The summed E-state index contributed by atoms with van der Waals surface area (Å²) in [5.41, 5.74) is 0.496. The Balaban J connectivity index is 1.66. The van der Waals surface area contributed by atoms with E-state index in [0.717, 1.165) is 4.90 Å². The number of carbonyl (C=O) groups is 3. The second-order valence-corrected chi connectivity index (χ2v) is 8.43.